The van der Waals surface area contributed by atoms with Gasteiger partial charge in [0.2, 0.25) is 11.8 Å². The van der Waals surface area contributed by atoms with Gasteiger partial charge in [-0.1, -0.05) is 98.3 Å². The maximum Gasteiger partial charge on any atom is 0.336 e. The smallest absolute Gasteiger partial charge is 0.336 e. The second kappa shape index (κ2) is 12.7. The number of aromatic nitrogens is 1. The Balaban J connectivity index is 2.28. The van der Waals surface area contributed by atoms with Crippen LogP contribution in [0.25, 0.3) is 0 Å². The van der Waals surface area contributed by atoms with Gasteiger partial charge in [-0.3, -0.25) is 0 Å². The molecule has 1 rings (SSSR count). The van der Waals surface area contributed by atoms with E-state index in [1.165, 1.54) is 69.9 Å². The van der Waals surface area contributed by atoms with Crippen molar-refractivity contribution >= 4 is 5.97 Å². The number of nitrogens with zero attached hydrogens (tertiary/aromatic N) is 1. The van der Waals surface area contributed by atoms with Crippen molar-refractivity contribution in [3.8, 4) is 11.8 Å². The topological polar surface area (TPSA) is 71.7 Å². The van der Waals surface area contributed by atoms with Crippen LogP contribution in [0.15, 0.2) is 12.1 Å². The number of hydrogen-bond donors (Lipinski definition) is 2. The van der Waals surface area contributed by atoms with E-state index in [0.29, 0.717) is 0 Å². The number of aromatic hydroxyl groups is 2. The standard InChI is InChI=1S/C23H41NO4/c1-5-6-7-8-9-10-11-12-13-14-15-16-19(23(2,3)4)22(27)28-24-20(25)17-18-21(24)26/h17-19,25-26H,5-16H2,1-4H3. The van der Waals surface area contributed by atoms with E-state index in [1.54, 1.807) is 0 Å². The van der Waals surface area contributed by atoms with Crippen molar-refractivity contribution in [3.05, 3.63) is 12.1 Å². The molecule has 0 aliphatic rings. The van der Waals surface area contributed by atoms with Gasteiger partial charge in [-0.2, -0.15) is 0 Å². The normalized spacial score (nSPS) is 12.9. The maximum absolute atomic E-state index is 12.6. The predicted octanol–water partition coefficient (Wildman–Crippen LogP) is 6.22. The first-order chi connectivity index (χ1) is 13.3. The van der Waals surface area contributed by atoms with Crippen molar-refractivity contribution in [3.63, 3.8) is 0 Å². The molecular weight excluding hydrogens is 354 g/mol. The van der Waals surface area contributed by atoms with Gasteiger partial charge in [-0.25, -0.2) is 4.79 Å². The van der Waals surface area contributed by atoms with Crippen molar-refractivity contribution in [1.82, 2.24) is 4.73 Å². The fraction of sp³-hybridized carbons (Fsp3) is 0.783. The molecule has 0 saturated carbocycles. The lowest BCUT2D eigenvalue weighted by molar-refractivity contribution is -0.154. The van der Waals surface area contributed by atoms with Crippen LogP contribution in [0.5, 0.6) is 11.8 Å². The van der Waals surface area contributed by atoms with Gasteiger partial charge in [0.25, 0.3) is 0 Å². The number of hydrogen-bond acceptors (Lipinski definition) is 4. The highest BCUT2D eigenvalue weighted by Gasteiger charge is 2.33. The first-order valence-electron chi connectivity index (χ1n) is 11.1. The lowest BCUT2D eigenvalue weighted by Crippen LogP contribution is -2.35. The Morgan fingerprint density at radius 3 is 1.75 bits per heavy atom. The molecule has 2 N–H and O–H groups in total. The van der Waals surface area contributed by atoms with E-state index < -0.39 is 5.97 Å². The van der Waals surface area contributed by atoms with Crippen LogP contribution < -0.4 is 4.84 Å². The molecule has 0 aliphatic heterocycles. The van der Waals surface area contributed by atoms with E-state index in [1.807, 2.05) is 20.8 Å². The molecule has 5 nitrogen and oxygen atoms in total. The lowest BCUT2D eigenvalue weighted by Gasteiger charge is -2.28. The third-order valence-corrected chi connectivity index (χ3v) is 5.41. The maximum atomic E-state index is 12.6. The fourth-order valence-corrected chi connectivity index (χ4v) is 3.57. The summed E-state index contributed by atoms with van der Waals surface area (Å²) in [7, 11) is 0. The highest BCUT2D eigenvalue weighted by molar-refractivity contribution is 5.73. The number of carbonyl (C=O) groups excluding carboxylic acids is 1. The molecule has 0 bridgehead atoms. The number of carbonyl (C=O) groups is 1. The van der Waals surface area contributed by atoms with E-state index in [0.717, 1.165) is 24.0 Å². The molecule has 1 heterocycles. The fourth-order valence-electron chi connectivity index (χ4n) is 3.57. The molecule has 5 heteroatoms. The summed E-state index contributed by atoms with van der Waals surface area (Å²) in [6, 6.07) is 2.58. The van der Waals surface area contributed by atoms with Crippen LogP contribution in [-0.4, -0.2) is 20.9 Å². The Morgan fingerprint density at radius 1 is 0.893 bits per heavy atom. The Hall–Kier alpha value is -1.65. The summed E-state index contributed by atoms with van der Waals surface area (Å²) in [5.41, 5.74) is -0.242. The molecule has 28 heavy (non-hydrogen) atoms. The third-order valence-electron chi connectivity index (χ3n) is 5.41. The van der Waals surface area contributed by atoms with Crippen LogP contribution in [0.4, 0.5) is 0 Å². The zero-order chi connectivity index (χ0) is 21.0. The SMILES string of the molecule is CCCCCCCCCCCCCC(C(=O)On1c(O)ccc1O)C(C)(C)C. The van der Waals surface area contributed by atoms with Gasteiger partial charge in [0.15, 0.2) is 0 Å². The monoisotopic (exact) mass is 395 g/mol. The highest BCUT2D eigenvalue weighted by Crippen LogP contribution is 2.32. The molecule has 0 fully saturated rings. The Morgan fingerprint density at radius 2 is 1.32 bits per heavy atom. The predicted molar refractivity (Wildman–Crippen MR) is 113 cm³/mol. The van der Waals surface area contributed by atoms with Gasteiger partial charge in [0, 0.05) is 12.1 Å². The summed E-state index contributed by atoms with van der Waals surface area (Å²) in [6.45, 7) is 8.31. The summed E-state index contributed by atoms with van der Waals surface area (Å²) in [6.07, 6.45) is 14.7. The molecule has 1 aromatic rings. The zero-order valence-corrected chi connectivity index (χ0v) is 18.4. The van der Waals surface area contributed by atoms with E-state index in [2.05, 4.69) is 6.92 Å². The molecule has 0 aliphatic carbocycles. The minimum Gasteiger partial charge on any atom is -0.492 e. The Labute approximate surface area is 171 Å². The molecular formula is C23H41NO4. The molecule has 1 atom stereocenters. The molecule has 1 aromatic heterocycles. The first-order valence-corrected chi connectivity index (χ1v) is 11.1. The van der Waals surface area contributed by atoms with Gasteiger partial charge >= 0.3 is 5.97 Å². The van der Waals surface area contributed by atoms with Crippen molar-refractivity contribution in [2.75, 3.05) is 0 Å². The van der Waals surface area contributed by atoms with E-state index >= 15 is 0 Å². The lowest BCUT2D eigenvalue weighted by atomic mass is 9.78. The average molecular weight is 396 g/mol. The molecule has 0 spiro atoms. The summed E-state index contributed by atoms with van der Waals surface area (Å²) >= 11 is 0. The second-order valence-electron chi connectivity index (χ2n) is 9.00. The third kappa shape index (κ3) is 9.03. The Kier molecular flexibility index (Phi) is 11.1. The first kappa shape index (κ1) is 24.4. The van der Waals surface area contributed by atoms with Crippen LogP contribution in [0, 0.1) is 11.3 Å². The van der Waals surface area contributed by atoms with Crippen LogP contribution in [0.2, 0.25) is 0 Å². The Bertz CT molecular complexity index is 540. The molecule has 0 amide bonds. The summed E-state index contributed by atoms with van der Waals surface area (Å²) < 4.78 is 0.779. The summed E-state index contributed by atoms with van der Waals surface area (Å²) in [4.78, 5) is 17.8. The summed E-state index contributed by atoms with van der Waals surface area (Å²) in [5, 5.41) is 19.3. The van der Waals surface area contributed by atoms with Crippen molar-refractivity contribution in [2.24, 2.45) is 11.3 Å². The van der Waals surface area contributed by atoms with Crippen LogP contribution in [-0.2, 0) is 4.79 Å². The van der Waals surface area contributed by atoms with Crippen LogP contribution >= 0.6 is 0 Å². The van der Waals surface area contributed by atoms with Crippen molar-refractivity contribution in [1.29, 1.82) is 0 Å². The van der Waals surface area contributed by atoms with Crippen LogP contribution in [0.1, 0.15) is 105 Å². The van der Waals surface area contributed by atoms with Gasteiger partial charge in [-0.05, 0) is 11.8 Å². The van der Waals surface area contributed by atoms with Crippen molar-refractivity contribution in [2.45, 2.75) is 105 Å². The number of rotatable bonds is 14. The molecule has 0 radical (unpaired) electrons. The molecule has 0 aromatic carbocycles. The number of unbranched alkanes of at least 4 members (excludes halogenated alkanes) is 10. The summed E-state index contributed by atoms with van der Waals surface area (Å²) in [5.74, 6) is -1.27. The molecule has 1 unspecified atom stereocenters. The zero-order valence-electron chi connectivity index (χ0n) is 18.4. The minimum absolute atomic E-state index is 0.242. The van der Waals surface area contributed by atoms with Gasteiger partial charge in [-0.15, -0.1) is 4.73 Å². The van der Waals surface area contributed by atoms with E-state index in [4.69, 9.17) is 4.84 Å². The van der Waals surface area contributed by atoms with E-state index in [-0.39, 0.29) is 23.1 Å². The van der Waals surface area contributed by atoms with Gasteiger partial charge < -0.3 is 15.1 Å². The molecule has 162 valence electrons. The average Bonchev–Trinajstić information content (AvgIpc) is 2.93. The quantitative estimate of drug-likeness (QED) is 0.367. The highest BCUT2D eigenvalue weighted by atomic mass is 16.7. The largest absolute Gasteiger partial charge is 0.492 e. The van der Waals surface area contributed by atoms with Gasteiger partial charge in [0.05, 0.1) is 5.92 Å². The van der Waals surface area contributed by atoms with E-state index in [9.17, 15) is 15.0 Å². The second-order valence-corrected chi connectivity index (χ2v) is 9.00. The minimum atomic E-state index is -0.415. The molecule has 0 saturated heterocycles. The van der Waals surface area contributed by atoms with Gasteiger partial charge in [0.1, 0.15) is 0 Å². The van der Waals surface area contributed by atoms with Crippen molar-refractivity contribution < 1.29 is 19.8 Å². The van der Waals surface area contributed by atoms with Crippen LogP contribution in [0.3, 0.4) is 0 Å².